The molecule has 1 saturated heterocycles. The number of cyclic esters (lactones) is 1. The number of methoxy groups -OCH3 is 1. The lowest BCUT2D eigenvalue weighted by Crippen LogP contribution is -2.65. The van der Waals surface area contributed by atoms with Crippen molar-refractivity contribution in [1.82, 2.24) is 0 Å². The molecule has 2 aliphatic heterocycles. The number of ether oxygens (including phenoxy) is 4. The van der Waals surface area contributed by atoms with E-state index in [2.05, 4.69) is 6.58 Å². The third kappa shape index (κ3) is 3.52. The number of hydrogen-bond acceptors (Lipinski definition) is 9. The van der Waals surface area contributed by atoms with Gasteiger partial charge in [-0.1, -0.05) is 40.3 Å². The van der Waals surface area contributed by atoms with Gasteiger partial charge >= 0.3 is 17.9 Å². The van der Waals surface area contributed by atoms with Crippen LogP contribution in [0.5, 0.6) is 0 Å². The van der Waals surface area contributed by atoms with E-state index in [1.807, 2.05) is 13.8 Å². The van der Waals surface area contributed by atoms with Crippen molar-refractivity contribution in [3.05, 3.63) is 36.0 Å². The molecule has 9 unspecified atom stereocenters. The van der Waals surface area contributed by atoms with Crippen LogP contribution in [0, 0.1) is 39.9 Å². The maximum Gasteiger partial charge on any atom is 0.334 e. The predicted molar refractivity (Wildman–Crippen MR) is 141 cm³/mol. The van der Waals surface area contributed by atoms with Crippen molar-refractivity contribution in [3.8, 4) is 0 Å². The molecule has 0 aromatic rings. The first-order valence-electron chi connectivity index (χ1n) is 13.8. The fraction of sp³-hybridized carbons (Fsp3) is 0.645. The maximum atomic E-state index is 13.7. The Morgan fingerprint density at radius 2 is 1.80 bits per heavy atom. The smallest absolute Gasteiger partial charge is 0.334 e. The number of Topliss-reactive ketones (excluding diaryl/α,β-unsaturated/α-hetero) is 1. The first-order valence-corrected chi connectivity index (χ1v) is 13.8. The summed E-state index contributed by atoms with van der Waals surface area (Å²) in [5.41, 5.74) is -2.68. The lowest BCUT2D eigenvalue weighted by molar-refractivity contribution is -0.181. The lowest BCUT2D eigenvalue weighted by atomic mass is 9.44. The first kappa shape index (κ1) is 28.5. The van der Waals surface area contributed by atoms with E-state index in [1.54, 1.807) is 26.0 Å². The van der Waals surface area contributed by atoms with Gasteiger partial charge in [0.05, 0.1) is 25.6 Å². The Bertz CT molecular complexity index is 1290. The second-order valence-corrected chi connectivity index (χ2v) is 13.0. The summed E-state index contributed by atoms with van der Waals surface area (Å²) in [5.74, 6) is -4.28. The van der Waals surface area contributed by atoms with Crippen LogP contribution in [0.1, 0.15) is 54.4 Å². The highest BCUT2D eigenvalue weighted by molar-refractivity contribution is 5.96. The van der Waals surface area contributed by atoms with Gasteiger partial charge in [-0.05, 0) is 37.0 Å². The van der Waals surface area contributed by atoms with Gasteiger partial charge in [0, 0.05) is 40.6 Å². The molecule has 0 radical (unpaired) electrons. The summed E-state index contributed by atoms with van der Waals surface area (Å²) in [7, 11) is 1.30. The van der Waals surface area contributed by atoms with Gasteiger partial charge in [0.15, 0.2) is 5.78 Å². The van der Waals surface area contributed by atoms with Gasteiger partial charge in [-0.2, -0.15) is 0 Å². The van der Waals surface area contributed by atoms with Crippen LogP contribution in [-0.2, 0) is 42.9 Å². The van der Waals surface area contributed by atoms with Crippen molar-refractivity contribution in [2.24, 2.45) is 39.9 Å². The van der Waals surface area contributed by atoms with Crippen molar-refractivity contribution in [2.75, 3.05) is 13.7 Å². The number of allylic oxidation sites excluding steroid dienone is 2. The summed E-state index contributed by atoms with van der Waals surface area (Å²) in [5, 5.41) is 0. The number of carbonyl (C=O) groups is 5. The first-order chi connectivity index (χ1) is 18.6. The second-order valence-electron chi connectivity index (χ2n) is 13.0. The van der Waals surface area contributed by atoms with Crippen molar-refractivity contribution in [3.63, 3.8) is 0 Å². The Labute approximate surface area is 234 Å². The average Bonchev–Trinajstić information content (AvgIpc) is 3.35. The minimum absolute atomic E-state index is 0.0622. The Kier molecular flexibility index (Phi) is 6.38. The molecule has 9 nitrogen and oxygen atoms in total. The van der Waals surface area contributed by atoms with Crippen LogP contribution in [0.25, 0.3) is 0 Å². The average molecular weight is 555 g/mol. The van der Waals surface area contributed by atoms with E-state index in [-0.39, 0.29) is 36.6 Å². The fourth-order valence-electron chi connectivity index (χ4n) is 9.04. The topological polar surface area (TPSA) is 126 Å². The van der Waals surface area contributed by atoms with Crippen molar-refractivity contribution < 1.29 is 42.9 Å². The number of carbonyl (C=O) groups excluding carboxylic acids is 5. The van der Waals surface area contributed by atoms with E-state index in [1.165, 1.54) is 27.0 Å². The molecule has 2 saturated carbocycles. The maximum absolute atomic E-state index is 13.7. The second kappa shape index (κ2) is 8.96. The molecule has 0 amide bonds. The summed E-state index contributed by atoms with van der Waals surface area (Å²) in [6, 6.07) is 0. The van der Waals surface area contributed by atoms with Crippen LogP contribution < -0.4 is 0 Å². The van der Waals surface area contributed by atoms with E-state index in [4.69, 9.17) is 18.9 Å². The van der Waals surface area contributed by atoms with Gasteiger partial charge in [-0.15, -0.1) is 0 Å². The van der Waals surface area contributed by atoms with Crippen LogP contribution in [0.2, 0.25) is 0 Å². The SMILES string of the molecule is C=C1C(C2(C)C=CC(=O)C(C)(C)C2CC(=O)OC)C(OC(C)=O)C(C(C)=O)C2(C)C(C3=CCOC3=O)CC3OC132. The van der Waals surface area contributed by atoms with Crippen molar-refractivity contribution in [1.29, 1.82) is 0 Å². The standard InChI is InChI=1S/C31H38O9/c1-15-24(29(6)11-9-21(34)28(4,5)20(29)14-23(35)37-8)26(39-17(3)33)25(16(2)32)30(7)19(13-22-31(15,30)40-22)18-10-12-38-27(18)36/h9-11,19-20,22,24-26H,1,12-14H2,2-8H3. The molecule has 0 aromatic heterocycles. The molecule has 216 valence electrons. The molecule has 9 atom stereocenters. The van der Waals surface area contributed by atoms with E-state index in [9.17, 15) is 24.0 Å². The van der Waals surface area contributed by atoms with Crippen molar-refractivity contribution in [2.45, 2.75) is 72.2 Å². The normalized spacial score (nSPS) is 42.9. The van der Waals surface area contributed by atoms with Crippen LogP contribution >= 0.6 is 0 Å². The van der Waals surface area contributed by atoms with Gasteiger partial charge in [-0.3, -0.25) is 19.2 Å². The molecule has 40 heavy (non-hydrogen) atoms. The van der Waals surface area contributed by atoms with Gasteiger partial charge in [-0.25, -0.2) is 4.79 Å². The van der Waals surface area contributed by atoms with Crippen LogP contribution in [0.3, 0.4) is 0 Å². The molecule has 2 heterocycles. The van der Waals surface area contributed by atoms with Crippen LogP contribution in [0.15, 0.2) is 36.0 Å². The molecular formula is C31H38O9. The summed E-state index contributed by atoms with van der Waals surface area (Å²) >= 11 is 0. The minimum Gasteiger partial charge on any atom is -0.469 e. The highest BCUT2D eigenvalue weighted by atomic mass is 16.6. The highest BCUT2D eigenvalue weighted by Crippen LogP contribution is 2.77. The molecule has 1 spiro atoms. The monoisotopic (exact) mass is 554 g/mol. The number of rotatable bonds is 6. The molecule has 0 N–H and O–H groups in total. The van der Waals surface area contributed by atoms with E-state index >= 15 is 0 Å². The molecule has 0 bridgehead atoms. The van der Waals surface area contributed by atoms with Crippen LogP contribution in [0.4, 0.5) is 0 Å². The zero-order chi connectivity index (χ0) is 29.6. The Hall–Kier alpha value is -3.07. The van der Waals surface area contributed by atoms with E-state index in [0.717, 1.165) is 0 Å². The molecule has 3 fully saturated rings. The van der Waals surface area contributed by atoms with Gasteiger partial charge in [0.1, 0.15) is 24.1 Å². The fourth-order valence-corrected chi connectivity index (χ4v) is 9.04. The largest absolute Gasteiger partial charge is 0.469 e. The minimum atomic E-state index is -0.986. The van der Waals surface area contributed by atoms with Gasteiger partial charge in [0.25, 0.3) is 0 Å². The zero-order valence-corrected chi connectivity index (χ0v) is 24.2. The van der Waals surface area contributed by atoms with Crippen LogP contribution in [-0.4, -0.2) is 61.0 Å². The molecule has 5 rings (SSSR count). The Balaban J connectivity index is 1.73. The number of epoxide rings is 1. The third-order valence-corrected chi connectivity index (χ3v) is 10.8. The predicted octanol–water partition coefficient (Wildman–Crippen LogP) is 3.31. The summed E-state index contributed by atoms with van der Waals surface area (Å²) in [6.07, 6.45) is 4.20. The van der Waals surface area contributed by atoms with Gasteiger partial charge < -0.3 is 18.9 Å². The number of esters is 3. The van der Waals surface area contributed by atoms with Crippen molar-refractivity contribution >= 4 is 29.5 Å². The molecule has 3 aliphatic carbocycles. The Morgan fingerprint density at radius 1 is 1.12 bits per heavy atom. The summed E-state index contributed by atoms with van der Waals surface area (Å²) in [6.45, 7) is 14.9. The van der Waals surface area contributed by atoms with E-state index < -0.39 is 63.6 Å². The third-order valence-electron chi connectivity index (χ3n) is 10.8. The number of hydrogen-bond donors (Lipinski definition) is 0. The summed E-state index contributed by atoms with van der Waals surface area (Å²) < 4.78 is 22.8. The molecule has 0 aromatic carbocycles. The van der Waals surface area contributed by atoms with Gasteiger partial charge in [0.2, 0.25) is 0 Å². The Morgan fingerprint density at radius 3 is 2.35 bits per heavy atom. The molecule has 9 heteroatoms. The van der Waals surface area contributed by atoms with E-state index in [0.29, 0.717) is 17.6 Å². The zero-order valence-electron chi connectivity index (χ0n) is 24.2. The highest BCUT2D eigenvalue weighted by Gasteiger charge is 2.84. The lowest BCUT2D eigenvalue weighted by Gasteiger charge is -2.60. The molecule has 5 aliphatic rings. The molecular weight excluding hydrogens is 516 g/mol. The number of ketones is 2. The quantitative estimate of drug-likeness (QED) is 0.210. The summed E-state index contributed by atoms with van der Waals surface area (Å²) in [4.78, 5) is 64.9.